The molecule has 2 aromatic rings. The van der Waals surface area contributed by atoms with Crippen LogP contribution in [0.25, 0.3) is 16.1 Å². The van der Waals surface area contributed by atoms with E-state index >= 15 is 0 Å². The third kappa shape index (κ3) is 3.77. The molecule has 0 fully saturated rings. The maximum atomic E-state index is 13.3. The number of alkyl halides is 3. The second-order valence-electron chi connectivity index (χ2n) is 5.96. The van der Waals surface area contributed by atoms with E-state index in [2.05, 4.69) is 9.95 Å². The van der Waals surface area contributed by atoms with Gasteiger partial charge in [0.15, 0.2) is 0 Å². The number of phenolic OH excluding ortho intramolecular Hbond substituents is 1. The molecule has 0 saturated carbocycles. The number of aromatic nitrogens is 1. The summed E-state index contributed by atoms with van der Waals surface area (Å²) in [6.07, 6.45) is -4.87. The van der Waals surface area contributed by atoms with E-state index in [0.717, 1.165) is 4.68 Å². The zero-order valence-electron chi connectivity index (χ0n) is 14.3. The molecule has 1 heterocycles. The maximum absolute atomic E-state index is 13.3. The fraction of sp³-hybridized carbons (Fsp3) is 0.278. The molecule has 5 nitrogen and oxygen atoms in total. The Bertz CT molecular complexity index is 967. The minimum atomic E-state index is -4.87. The molecule has 26 heavy (non-hydrogen) atoms. The van der Waals surface area contributed by atoms with E-state index in [1.165, 1.54) is 24.3 Å². The van der Waals surface area contributed by atoms with Crippen molar-refractivity contribution in [3.8, 4) is 17.0 Å². The van der Waals surface area contributed by atoms with Crippen LogP contribution in [-0.4, -0.2) is 15.5 Å². The van der Waals surface area contributed by atoms with Crippen LogP contribution in [0.2, 0.25) is 0 Å². The SMILES string of the molecule is [C-]#[N+]c1c(C(F)(F)F)cc(-c2cccc(O)c2)n(/N=C(\C)C(C)C)c1=O. The van der Waals surface area contributed by atoms with Crippen molar-refractivity contribution in [1.29, 1.82) is 0 Å². The van der Waals surface area contributed by atoms with Crippen LogP contribution in [0.5, 0.6) is 5.75 Å². The molecule has 0 amide bonds. The Morgan fingerprint density at radius 3 is 2.46 bits per heavy atom. The van der Waals surface area contributed by atoms with Gasteiger partial charge in [0, 0.05) is 11.3 Å². The molecule has 2 rings (SSSR count). The van der Waals surface area contributed by atoms with Crippen LogP contribution in [0.3, 0.4) is 0 Å². The van der Waals surface area contributed by atoms with E-state index in [1.54, 1.807) is 6.92 Å². The number of halogens is 3. The molecule has 0 radical (unpaired) electrons. The van der Waals surface area contributed by atoms with Crippen LogP contribution in [0.4, 0.5) is 18.9 Å². The molecule has 0 unspecified atom stereocenters. The first-order chi connectivity index (χ1) is 12.1. The average molecular weight is 363 g/mol. The molecule has 0 bridgehead atoms. The van der Waals surface area contributed by atoms with E-state index in [-0.39, 0.29) is 22.9 Å². The smallest absolute Gasteiger partial charge is 0.407 e. The Morgan fingerprint density at radius 1 is 1.31 bits per heavy atom. The second kappa shape index (κ2) is 7.04. The molecule has 0 aliphatic heterocycles. The summed E-state index contributed by atoms with van der Waals surface area (Å²) < 4.78 is 40.8. The van der Waals surface area contributed by atoms with Gasteiger partial charge in [-0.15, -0.1) is 0 Å². The zero-order chi connectivity index (χ0) is 19.6. The van der Waals surface area contributed by atoms with Gasteiger partial charge in [0.05, 0.1) is 17.8 Å². The average Bonchev–Trinajstić information content (AvgIpc) is 2.54. The molecular weight excluding hydrogens is 347 g/mol. The first-order valence-electron chi connectivity index (χ1n) is 7.65. The summed E-state index contributed by atoms with van der Waals surface area (Å²) in [5.41, 5.74) is -3.02. The highest BCUT2D eigenvalue weighted by Crippen LogP contribution is 2.37. The van der Waals surface area contributed by atoms with Crippen molar-refractivity contribution in [3.05, 3.63) is 57.7 Å². The minimum absolute atomic E-state index is 0.0578. The molecule has 1 aromatic heterocycles. The lowest BCUT2D eigenvalue weighted by molar-refractivity contribution is -0.136. The monoisotopic (exact) mass is 363 g/mol. The van der Waals surface area contributed by atoms with Crippen molar-refractivity contribution < 1.29 is 18.3 Å². The van der Waals surface area contributed by atoms with Gasteiger partial charge in [-0.2, -0.15) is 18.3 Å². The Kier molecular flexibility index (Phi) is 5.21. The maximum Gasteiger partial charge on any atom is 0.407 e. The minimum Gasteiger partial charge on any atom is -0.508 e. The fourth-order valence-electron chi connectivity index (χ4n) is 2.16. The van der Waals surface area contributed by atoms with E-state index in [4.69, 9.17) is 6.57 Å². The quantitative estimate of drug-likeness (QED) is 0.636. The summed E-state index contributed by atoms with van der Waals surface area (Å²) in [6.45, 7) is 12.3. The predicted octanol–water partition coefficient (Wildman–Crippen LogP) is 4.67. The van der Waals surface area contributed by atoms with E-state index < -0.39 is 23.0 Å². The summed E-state index contributed by atoms with van der Waals surface area (Å²) in [5.74, 6) is -0.230. The van der Waals surface area contributed by atoms with Crippen LogP contribution in [0.15, 0.2) is 40.2 Å². The Morgan fingerprint density at radius 2 is 1.96 bits per heavy atom. The standard InChI is InChI=1S/C18H16F3N3O2/c1-10(2)11(3)23-24-15(12-6-5-7-13(25)8-12)9-14(18(19,20)21)16(22-4)17(24)26/h5-10,25H,1-3H3/b23-11+. The molecule has 1 N–H and O–H groups in total. The molecular formula is C18H16F3N3O2. The van der Waals surface area contributed by atoms with Gasteiger partial charge in [-0.1, -0.05) is 26.0 Å². The van der Waals surface area contributed by atoms with E-state index in [1.807, 2.05) is 13.8 Å². The highest BCUT2D eigenvalue weighted by Gasteiger charge is 2.36. The highest BCUT2D eigenvalue weighted by molar-refractivity contribution is 5.84. The van der Waals surface area contributed by atoms with Gasteiger partial charge in [-0.05, 0) is 31.0 Å². The van der Waals surface area contributed by atoms with Gasteiger partial charge in [-0.3, -0.25) is 4.79 Å². The van der Waals surface area contributed by atoms with Gasteiger partial charge in [0.1, 0.15) is 5.75 Å². The Hall–Kier alpha value is -3.08. The van der Waals surface area contributed by atoms with Crippen molar-refractivity contribution in [1.82, 2.24) is 4.68 Å². The van der Waals surface area contributed by atoms with Crippen LogP contribution < -0.4 is 5.56 Å². The van der Waals surface area contributed by atoms with Crippen LogP contribution in [0, 0.1) is 12.5 Å². The van der Waals surface area contributed by atoms with Gasteiger partial charge in [0.25, 0.3) is 11.2 Å². The molecule has 0 saturated heterocycles. The van der Waals surface area contributed by atoms with Crippen LogP contribution >= 0.6 is 0 Å². The lowest BCUT2D eigenvalue weighted by atomic mass is 10.1. The topological polar surface area (TPSA) is 58.9 Å². The Labute approximate surface area is 147 Å². The number of nitrogens with zero attached hydrogens (tertiary/aromatic N) is 3. The molecule has 0 atom stereocenters. The van der Waals surface area contributed by atoms with Crippen LogP contribution in [-0.2, 0) is 6.18 Å². The van der Waals surface area contributed by atoms with Gasteiger partial charge in [-0.25, -0.2) is 9.52 Å². The van der Waals surface area contributed by atoms with Crippen molar-refractivity contribution in [2.75, 3.05) is 0 Å². The number of rotatable bonds is 3. The molecule has 1 aromatic carbocycles. The predicted molar refractivity (Wildman–Crippen MR) is 92.4 cm³/mol. The lowest BCUT2D eigenvalue weighted by Crippen LogP contribution is -2.23. The number of benzene rings is 1. The van der Waals surface area contributed by atoms with Crippen molar-refractivity contribution in [2.24, 2.45) is 11.0 Å². The number of pyridine rings is 1. The van der Waals surface area contributed by atoms with Crippen LogP contribution in [0.1, 0.15) is 26.3 Å². The lowest BCUT2D eigenvalue weighted by Gasteiger charge is -2.16. The summed E-state index contributed by atoms with van der Waals surface area (Å²) in [4.78, 5) is 15.4. The number of phenols is 1. The molecule has 0 aliphatic rings. The molecule has 8 heteroatoms. The number of hydrogen-bond acceptors (Lipinski definition) is 3. The fourth-order valence-corrected chi connectivity index (χ4v) is 2.16. The summed E-state index contributed by atoms with van der Waals surface area (Å²) in [5, 5.41) is 13.8. The first kappa shape index (κ1) is 19.2. The largest absolute Gasteiger partial charge is 0.508 e. The Balaban J connectivity index is 2.96. The third-order valence-corrected chi connectivity index (χ3v) is 3.81. The number of aromatic hydroxyl groups is 1. The molecule has 136 valence electrons. The van der Waals surface area contributed by atoms with Crippen molar-refractivity contribution >= 4 is 11.4 Å². The van der Waals surface area contributed by atoms with E-state index in [9.17, 15) is 23.1 Å². The van der Waals surface area contributed by atoms with Gasteiger partial charge in [0.2, 0.25) is 0 Å². The summed E-state index contributed by atoms with van der Waals surface area (Å²) in [6, 6.07) is 6.17. The summed E-state index contributed by atoms with van der Waals surface area (Å²) in [7, 11) is 0. The molecule has 0 spiro atoms. The summed E-state index contributed by atoms with van der Waals surface area (Å²) >= 11 is 0. The van der Waals surface area contributed by atoms with Crippen molar-refractivity contribution in [3.63, 3.8) is 0 Å². The zero-order valence-corrected chi connectivity index (χ0v) is 14.3. The molecule has 0 aliphatic carbocycles. The van der Waals surface area contributed by atoms with Crippen molar-refractivity contribution in [2.45, 2.75) is 26.9 Å². The van der Waals surface area contributed by atoms with Gasteiger partial charge < -0.3 is 5.11 Å². The normalized spacial score (nSPS) is 12.3. The highest BCUT2D eigenvalue weighted by atomic mass is 19.4. The second-order valence-corrected chi connectivity index (χ2v) is 5.96. The third-order valence-electron chi connectivity index (χ3n) is 3.81. The van der Waals surface area contributed by atoms with Gasteiger partial charge >= 0.3 is 6.18 Å². The number of hydrogen-bond donors (Lipinski definition) is 1. The first-order valence-corrected chi connectivity index (χ1v) is 7.65. The van der Waals surface area contributed by atoms with E-state index in [0.29, 0.717) is 11.8 Å².